The van der Waals surface area contributed by atoms with Crippen molar-refractivity contribution in [2.45, 2.75) is 16.1 Å². The molecule has 1 fully saturated rings. The molecule has 0 aromatic heterocycles. The summed E-state index contributed by atoms with van der Waals surface area (Å²) in [6, 6.07) is 6.40. The molecule has 15 heavy (non-hydrogen) atoms. The van der Waals surface area contributed by atoms with Crippen molar-refractivity contribution in [3.63, 3.8) is 0 Å². The molecular weight excluding hydrogens is 213 g/mol. The molecule has 4 heteroatoms. The predicted molar refractivity (Wildman–Crippen MR) is 59.2 cm³/mol. The van der Waals surface area contributed by atoms with Crippen LogP contribution in [0.15, 0.2) is 29.2 Å². The Balaban J connectivity index is 2.05. The summed E-state index contributed by atoms with van der Waals surface area (Å²) in [4.78, 5) is 1.01. The van der Waals surface area contributed by atoms with Crippen molar-refractivity contribution in [2.24, 2.45) is 11.7 Å². The van der Waals surface area contributed by atoms with E-state index in [-0.39, 0.29) is 23.1 Å². The van der Waals surface area contributed by atoms with Crippen molar-refractivity contribution >= 4 is 11.8 Å². The molecule has 0 saturated heterocycles. The molecule has 0 aliphatic heterocycles. The Bertz CT molecular complexity index is 343. The number of hydrogen-bond acceptors (Lipinski definition) is 3. The molecule has 2 unspecified atom stereocenters. The average molecular weight is 227 g/mol. The summed E-state index contributed by atoms with van der Waals surface area (Å²) in [7, 11) is 0. The number of thioether (sulfide) groups is 1. The van der Waals surface area contributed by atoms with E-state index in [2.05, 4.69) is 0 Å². The lowest BCUT2D eigenvalue weighted by Crippen LogP contribution is -2.21. The van der Waals surface area contributed by atoms with Gasteiger partial charge in [0.1, 0.15) is 5.82 Å². The van der Waals surface area contributed by atoms with Crippen LogP contribution in [0.5, 0.6) is 0 Å². The molecule has 1 aromatic rings. The number of aliphatic hydroxyl groups is 1. The maximum atomic E-state index is 12.7. The van der Waals surface area contributed by atoms with Crippen LogP contribution in [-0.2, 0) is 0 Å². The van der Waals surface area contributed by atoms with Crippen LogP contribution >= 0.6 is 11.8 Å². The van der Waals surface area contributed by atoms with Crippen LogP contribution in [0.3, 0.4) is 0 Å². The zero-order valence-corrected chi connectivity index (χ0v) is 9.14. The van der Waals surface area contributed by atoms with E-state index in [1.807, 2.05) is 0 Å². The summed E-state index contributed by atoms with van der Waals surface area (Å²) < 4.78 is 12.7. The summed E-state index contributed by atoms with van der Waals surface area (Å²) in [5.41, 5.74) is 5.71. The molecule has 1 saturated carbocycles. The van der Waals surface area contributed by atoms with Crippen LogP contribution < -0.4 is 5.73 Å². The molecule has 2 nitrogen and oxygen atoms in total. The van der Waals surface area contributed by atoms with Crippen molar-refractivity contribution < 1.29 is 9.50 Å². The zero-order chi connectivity index (χ0) is 10.9. The summed E-state index contributed by atoms with van der Waals surface area (Å²) in [5, 5.41) is 9.07. The second-order valence-electron chi connectivity index (χ2n) is 3.91. The molecule has 1 aliphatic rings. The lowest BCUT2D eigenvalue weighted by Gasteiger charge is -2.13. The quantitative estimate of drug-likeness (QED) is 0.821. The zero-order valence-electron chi connectivity index (χ0n) is 8.32. The molecule has 1 aliphatic carbocycles. The maximum Gasteiger partial charge on any atom is 0.123 e. The molecule has 1 aromatic carbocycles. The predicted octanol–water partition coefficient (Wildman–Crippen LogP) is 1.63. The topological polar surface area (TPSA) is 46.2 Å². The van der Waals surface area contributed by atoms with Crippen LogP contribution in [0.25, 0.3) is 0 Å². The maximum absolute atomic E-state index is 12.7. The Labute approximate surface area is 92.7 Å². The third kappa shape index (κ3) is 2.17. The van der Waals surface area contributed by atoms with Gasteiger partial charge in [0.2, 0.25) is 0 Å². The van der Waals surface area contributed by atoms with Gasteiger partial charge in [-0.2, -0.15) is 0 Å². The highest BCUT2D eigenvalue weighted by molar-refractivity contribution is 8.01. The lowest BCUT2D eigenvalue weighted by molar-refractivity contribution is 0.272. The van der Waals surface area contributed by atoms with E-state index in [1.54, 1.807) is 23.9 Å². The fourth-order valence-electron chi connectivity index (χ4n) is 1.74. The number of nitrogens with two attached hydrogens (primary N) is 1. The molecule has 0 heterocycles. The van der Waals surface area contributed by atoms with Crippen LogP contribution in [0, 0.1) is 11.7 Å². The minimum atomic E-state index is -0.226. The highest BCUT2D eigenvalue weighted by Crippen LogP contribution is 2.55. The van der Waals surface area contributed by atoms with Gasteiger partial charge in [0.25, 0.3) is 0 Å². The molecule has 2 atom stereocenters. The highest BCUT2D eigenvalue weighted by atomic mass is 32.2. The highest BCUT2D eigenvalue weighted by Gasteiger charge is 2.53. The fourth-order valence-corrected chi connectivity index (χ4v) is 3.09. The van der Waals surface area contributed by atoms with E-state index >= 15 is 0 Å². The average Bonchev–Trinajstić information content (AvgIpc) is 2.96. The van der Waals surface area contributed by atoms with Gasteiger partial charge in [-0.15, -0.1) is 11.8 Å². The van der Waals surface area contributed by atoms with Gasteiger partial charge >= 0.3 is 0 Å². The van der Waals surface area contributed by atoms with E-state index in [0.29, 0.717) is 6.54 Å². The smallest absolute Gasteiger partial charge is 0.123 e. The standard InChI is InChI=1S/C11H14FNOS/c12-9-1-3-10(4-2-9)15-11(7-13)5-8(11)6-14/h1-4,8,14H,5-7,13H2. The third-order valence-corrected chi connectivity index (χ3v) is 4.46. The Kier molecular flexibility index (Phi) is 3.00. The van der Waals surface area contributed by atoms with Crippen LogP contribution in [0.4, 0.5) is 4.39 Å². The molecule has 82 valence electrons. The van der Waals surface area contributed by atoms with Gasteiger partial charge in [0.05, 0.1) is 0 Å². The monoisotopic (exact) mass is 227 g/mol. The van der Waals surface area contributed by atoms with Crippen LogP contribution in [0.1, 0.15) is 6.42 Å². The molecule has 0 bridgehead atoms. The SMILES string of the molecule is NCC1(Sc2ccc(F)cc2)CC1CO. The van der Waals surface area contributed by atoms with E-state index in [0.717, 1.165) is 11.3 Å². The first-order valence-electron chi connectivity index (χ1n) is 4.96. The molecule has 3 N–H and O–H groups in total. The summed E-state index contributed by atoms with van der Waals surface area (Å²) in [5.74, 6) is 0.0632. The summed E-state index contributed by atoms with van der Waals surface area (Å²) >= 11 is 1.65. The Morgan fingerprint density at radius 1 is 1.47 bits per heavy atom. The Morgan fingerprint density at radius 2 is 2.13 bits per heavy atom. The van der Waals surface area contributed by atoms with Gasteiger partial charge in [-0.3, -0.25) is 0 Å². The van der Waals surface area contributed by atoms with Crippen molar-refractivity contribution in [3.05, 3.63) is 30.1 Å². The number of aliphatic hydroxyl groups excluding tert-OH is 1. The summed E-state index contributed by atoms with van der Waals surface area (Å²) in [6.45, 7) is 0.742. The second kappa shape index (κ2) is 4.12. The molecule has 2 rings (SSSR count). The minimum Gasteiger partial charge on any atom is -0.396 e. The van der Waals surface area contributed by atoms with Gasteiger partial charge in [0.15, 0.2) is 0 Å². The van der Waals surface area contributed by atoms with Gasteiger partial charge in [-0.25, -0.2) is 4.39 Å². The Morgan fingerprint density at radius 3 is 2.60 bits per heavy atom. The Hall–Kier alpha value is -0.580. The van der Waals surface area contributed by atoms with Crippen molar-refractivity contribution in [1.82, 2.24) is 0 Å². The van der Waals surface area contributed by atoms with Gasteiger partial charge in [-0.05, 0) is 36.6 Å². The first-order chi connectivity index (χ1) is 7.20. The van der Waals surface area contributed by atoms with Gasteiger partial charge in [-0.1, -0.05) is 0 Å². The largest absolute Gasteiger partial charge is 0.396 e. The first kappa shape index (κ1) is 10.9. The van der Waals surface area contributed by atoms with Crippen molar-refractivity contribution in [3.8, 4) is 0 Å². The lowest BCUT2D eigenvalue weighted by atomic mass is 10.3. The first-order valence-corrected chi connectivity index (χ1v) is 5.77. The van der Waals surface area contributed by atoms with Crippen molar-refractivity contribution in [1.29, 1.82) is 0 Å². The van der Waals surface area contributed by atoms with E-state index in [4.69, 9.17) is 10.8 Å². The van der Waals surface area contributed by atoms with Crippen LogP contribution in [-0.4, -0.2) is 23.0 Å². The molecule has 0 radical (unpaired) electrons. The number of halogens is 1. The molecular formula is C11H14FNOS. The van der Waals surface area contributed by atoms with E-state index in [1.165, 1.54) is 12.1 Å². The van der Waals surface area contributed by atoms with Gasteiger partial charge in [0, 0.05) is 22.8 Å². The number of rotatable bonds is 4. The van der Waals surface area contributed by atoms with Gasteiger partial charge < -0.3 is 10.8 Å². The second-order valence-corrected chi connectivity index (χ2v) is 5.40. The van der Waals surface area contributed by atoms with Crippen LogP contribution in [0.2, 0.25) is 0 Å². The fraction of sp³-hybridized carbons (Fsp3) is 0.455. The minimum absolute atomic E-state index is 0.0213. The van der Waals surface area contributed by atoms with E-state index in [9.17, 15) is 4.39 Å². The summed E-state index contributed by atoms with van der Waals surface area (Å²) in [6.07, 6.45) is 0.946. The molecule has 0 amide bonds. The van der Waals surface area contributed by atoms with E-state index < -0.39 is 0 Å². The number of benzene rings is 1. The number of hydrogen-bond donors (Lipinski definition) is 2. The third-order valence-electron chi connectivity index (χ3n) is 2.88. The van der Waals surface area contributed by atoms with Crippen molar-refractivity contribution in [2.75, 3.05) is 13.2 Å². The molecule has 0 spiro atoms. The normalized spacial score (nSPS) is 29.1.